The van der Waals surface area contributed by atoms with Gasteiger partial charge < -0.3 is 15.2 Å². The van der Waals surface area contributed by atoms with E-state index < -0.39 is 0 Å². The van der Waals surface area contributed by atoms with Crippen LogP contribution in [0, 0.1) is 0 Å². The fourth-order valence-corrected chi connectivity index (χ4v) is 2.12. The highest BCUT2D eigenvalue weighted by atomic mass is 79.9. The topological polar surface area (TPSA) is 44.5 Å². The van der Waals surface area contributed by atoms with Crippen LogP contribution in [0.1, 0.15) is 31.4 Å². The van der Waals surface area contributed by atoms with Crippen LogP contribution in [-0.4, -0.2) is 14.2 Å². The Kier molecular flexibility index (Phi) is 7.59. The van der Waals surface area contributed by atoms with Gasteiger partial charge in [0.15, 0.2) is 0 Å². The summed E-state index contributed by atoms with van der Waals surface area (Å²) in [6.45, 7) is 2.11. The van der Waals surface area contributed by atoms with Crippen LogP contribution < -0.4 is 15.2 Å². The summed E-state index contributed by atoms with van der Waals surface area (Å²) in [5.41, 5.74) is 7.09. The molecule has 0 aliphatic carbocycles. The fraction of sp³-hybridized carbons (Fsp3) is 0.500. The van der Waals surface area contributed by atoms with Crippen molar-refractivity contribution in [2.45, 2.75) is 25.8 Å². The molecule has 17 heavy (non-hydrogen) atoms. The summed E-state index contributed by atoms with van der Waals surface area (Å²) in [5, 5.41) is 0. The molecule has 0 saturated heterocycles. The van der Waals surface area contributed by atoms with Gasteiger partial charge in [-0.1, -0.05) is 13.3 Å². The van der Waals surface area contributed by atoms with E-state index in [1.165, 1.54) is 0 Å². The van der Waals surface area contributed by atoms with Crippen LogP contribution in [0.3, 0.4) is 0 Å². The molecule has 0 aliphatic heterocycles. The molecule has 0 amide bonds. The SMILES string of the molecule is CCC[C@@H](N)c1cc(OC)c(Br)cc1OC.Cl. The lowest BCUT2D eigenvalue weighted by Crippen LogP contribution is -2.11. The van der Waals surface area contributed by atoms with Gasteiger partial charge in [-0.05, 0) is 34.5 Å². The van der Waals surface area contributed by atoms with Crippen LogP contribution in [0.25, 0.3) is 0 Å². The van der Waals surface area contributed by atoms with Crippen molar-refractivity contribution in [1.82, 2.24) is 0 Å². The largest absolute Gasteiger partial charge is 0.496 e. The zero-order valence-corrected chi connectivity index (χ0v) is 12.7. The maximum atomic E-state index is 6.10. The first-order valence-electron chi connectivity index (χ1n) is 5.31. The molecule has 0 unspecified atom stereocenters. The van der Waals surface area contributed by atoms with E-state index in [1.54, 1.807) is 14.2 Å². The maximum Gasteiger partial charge on any atom is 0.133 e. The third-order valence-electron chi connectivity index (χ3n) is 2.50. The van der Waals surface area contributed by atoms with Crippen molar-refractivity contribution in [2.75, 3.05) is 14.2 Å². The molecule has 98 valence electrons. The zero-order chi connectivity index (χ0) is 12.1. The summed E-state index contributed by atoms with van der Waals surface area (Å²) in [5.74, 6) is 1.58. The molecule has 2 N–H and O–H groups in total. The van der Waals surface area contributed by atoms with Crippen LogP contribution >= 0.6 is 28.3 Å². The highest BCUT2D eigenvalue weighted by molar-refractivity contribution is 9.10. The lowest BCUT2D eigenvalue weighted by atomic mass is 10.0. The van der Waals surface area contributed by atoms with Gasteiger partial charge in [0.1, 0.15) is 11.5 Å². The lowest BCUT2D eigenvalue weighted by Gasteiger charge is -2.17. The summed E-state index contributed by atoms with van der Waals surface area (Å²) in [6.07, 6.45) is 1.98. The smallest absolute Gasteiger partial charge is 0.133 e. The van der Waals surface area contributed by atoms with E-state index in [-0.39, 0.29) is 18.4 Å². The summed E-state index contributed by atoms with van der Waals surface area (Å²) >= 11 is 3.42. The van der Waals surface area contributed by atoms with Gasteiger partial charge in [0, 0.05) is 11.6 Å². The molecule has 0 aliphatic rings. The zero-order valence-electron chi connectivity index (χ0n) is 10.3. The third kappa shape index (κ3) is 4.05. The third-order valence-corrected chi connectivity index (χ3v) is 3.12. The fourth-order valence-electron chi connectivity index (χ4n) is 1.64. The van der Waals surface area contributed by atoms with Gasteiger partial charge >= 0.3 is 0 Å². The molecule has 1 aromatic carbocycles. The molecule has 0 radical (unpaired) electrons. The number of benzene rings is 1. The monoisotopic (exact) mass is 323 g/mol. The highest BCUT2D eigenvalue weighted by Crippen LogP contribution is 2.36. The van der Waals surface area contributed by atoms with Gasteiger partial charge in [-0.15, -0.1) is 12.4 Å². The quantitative estimate of drug-likeness (QED) is 0.898. The molecule has 1 atom stereocenters. The van der Waals surface area contributed by atoms with Gasteiger partial charge in [-0.2, -0.15) is 0 Å². The maximum absolute atomic E-state index is 6.10. The standard InChI is InChI=1S/C12H18BrNO2.ClH/c1-4-5-10(14)8-6-12(16-3)9(13)7-11(8)15-2;/h6-7,10H,4-5,14H2,1-3H3;1H/t10-;/m1./s1. The molecular weight excluding hydrogens is 305 g/mol. The average Bonchev–Trinajstić information content (AvgIpc) is 2.28. The van der Waals surface area contributed by atoms with E-state index in [0.29, 0.717) is 0 Å². The van der Waals surface area contributed by atoms with Crippen molar-refractivity contribution in [2.24, 2.45) is 5.73 Å². The molecule has 1 aromatic rings. The average molecular weight is 325 g/mol. The summed E-state index contributed by atoms with van der Waals surface area (Å²) in [7, 11) is 3.29. The van der Waals surface area contributed by atoms with Gasteiger partial charge in [0.05, 0.1) is 18.7 Å². The van der Waals surface area contributed by atoms with Crippen LogP contribution in [0.5, 0.6) is 11.5 Å². The molecule has 0 heterocycles. The minimum atomic E-state index is -0.0121. The van der Waals surface area contributed by atoms with E-state index in [0.717, 1.165) is 34.4 Å². The molecule has 0 aromatic heterocycles. The first kappa shape index (κ1) is 16.6. The van der Waals surface area contributed by atoms with Crippen molar-refractivity contribution in [3.05, 3.63) is 22.2 Å². The Morgan fingerprint density at radius 2 is 1.82 bits per heavy atom. The van der Waals surface area contributed by atoms with Gasteiger partial charge in [-0.3, -0.25) is 0 Å². The van der Waals surface area contributed by atoms with Crippen molar-refractivity contribution in [3.63, 3.8) is 0 Å². The summed E-state index contributed by atoms with van der Waals surface area (Å²) in [4.78, 5) is 0. The number of hydrogen-bond acceptors (Lipinski definition) is 3. The van der Waals surface area contributed by atoms with Gasteiger partial charge in [0.25, 0.3) is 0 Å². The Morgan fingerprint density at radius 3 is 2.29 bits per heavy atom. The number of nitrogens with two attached hydrogens (primary N) is 1. The Bertz CT molecular complexity index is 361. The lowest BCUT2D eigenvalue weighted by molar-refractivity contribution is 0.392. The number of ether oxygens (including phenoxy) is 2. The number of hydrogen-bond donors (Lipinski definition) is 1. The van der Waals surface area contributed by atoms with Gasteiger partial charge in [-0.25, -0.2) is 0 Å². The Hall–Kier alpha value is -0.450. The predicted molar refractivity (Wildman–Crippen MR) is 76.3 cm³/mol. The van der Waals surface area contributed by atoms with E-state index in [9.17, 15) is 0 Å². The van der Waals surface area contributed by atoms with Crippen molar-refractivity contribution in [1.29, 1.82) is 0 Å². The molecule has 0 spiro atoms. The van der Waals surface area contributed by atoms with E-state index in [4.69, 9.17) is 15.2 Å². The normalized spacial score (nSPS) is 11.6. The van der Waals surface area contributed by atoms with E-state index in [1.807, 2.05) is 12.1 Å². The Balaban J connectivity index is 0.00000256. The minimum Gasteiger partial charge on any atom is -0.496 e. The molecule has 1 rings (SSSR count). The van der Waals surface area contributed by atoms with Crippen LogP contribution in [-0.2, 0) is 0 Å². The second-order valence-corrected chi connectivity index (χ2v) is 4.48. The second-order valence-electron chi connectivity index (χ2n) is 3.62. The Morgan fingerprint density at radius 1 is 1.24 bits per heavy atom. The molecule has 0 saturated carbocycles. The molecule has 5 heteroatoms. The first-order valence-corrected chi connectivity index (χ1v) is 6.10. The predicted octanol–water partition coefficient (Wildman–Crippen LogP) is 3.69. The molecular formula is C12H19BrClNO2. The van der Waals surface area contributed by atoms with Crippen molar-refractivity contribution >= 4 is 28.3 Å². The highest BCUT2D eigenvalue weighted by Gasteiger charge is 2.14. The van der Waals surface area contributed by atoms with Crippen LogP contribution in [0.4, 0.5) is 0 Å². The summed E-state index contributed by atoms with van der Waals surface area (Å²) < 4.78 is 11.5. The molecule has 0 bridgehead atoms. The van der Waals surface area contributed by atoms with Crippen LogP contribution in [0.2, 0.25) is 0 Å². The molecule has 0 fully saturated rings. The summed E-state index contributed by atoms with van der Waals surface area (Å²) in [6, 6.07) is 3.81. The van der Waals surface area contributed by atoms with Gasteiger partial charge in [0.2, 0.25) is 0 Å². The minimum absolute atomic E-state index is 0. The van der Waals surface area contributed by atoms with Crippen molar-refractivity contribution < 1.29 is 9.47 Å². The van der Waals surface area contributed by atoms with E-state index >= 15 is 0 Å². The number of methoxy groups -OCH3 is 2. The first-order chi connectivity index (χ1) is 7.63. The second kappa shape index (κ2) is 7.80. The number of rotatable bonds is 5. The van der Waals surface area contributed by atoms with Crippen molar-refractivity contribution in [3.8, 4) is 11.5 Å². The van der Waals surface area contributed by atoms with E-state index in [2.05, 4.69) is 22.9 Å². The molecule has 3 nitrogen and oxygen atoms in total. The Labute approximate surface area is 117 Å². The number of halogens is 2. The van der Waals surface area contributed by atoms with Crippen LogP contribution in [0.15, 0.2) is 16.6 Å².